The summed E-state index contributed by atoms with van der Waals surface area (Å²) in [6.07, 6.45) is 0.877. The van der Waals surface area contributed by atoms with Crippen molar-refractivity contribution >= 4 is 23.6 Å². The highest BCUT2D eigenvalue weighted by Crippen LogP contribution is 2.23. The molecule has 1 aliphatic heterocycles. The van der Waals surface area contributed by atoms with Crippen LogP contribution in [0.1, 0.15) is 20.8 Å². The monoisotopic (exact) mass is 236 g/mol. The molecule has 17 heavy (non-hydrogen) atoms. The molecular weight excluding hydrogens is 226 g/mol. The van der Waals surface area contributed by atoms with Crippen molar-refractivity contribution in [3.63, 3.8) is 0 Å². The van der Waals surface area contributed by atoms with Crippen molar-refractivity contribution in [2.75, 3.05) is 0 Å². The average molecular weight is 236 g/mol. The minimum absolute atomic E-state index is 0.311. The van der Waals surface area contributed by atoms with Crippen LogP contribution in [0.4, 0.5) is 0 Å². The van der Waals surface area contributed by atoms with E-state index in [0.717, 1.165) is 13.0 Å². The van der Waals surface area contributed by atoms with Crippen molar-refractivity contribution in [3.8, 4) is 0 Å². The molecule has 1 fully saturated rings. The highest BCUT2D eigenvalue weighted by atomic mass is 16.7. The molecule has 0 aromatic rings. The van der Waals surface area contributed by atoms with Crippen LogP contribution in [0.3, 0.4) is 0 Å². The summed E-state index contributed by atoms with van der Waals surface area (Å²) in [5, 5.41) is 8.65. The maximum Gasteiger partial charge on any atom is 0.348 e. The molecule has 0 atom stereocenters. The number of carbonyl (C=O) groups is 3. The zero-order valence-electron chi connectivity index (χ0n) is 9.57. The van der Waals surface area contributed by atoms with Gasteiger partial charge < -0.3 is 14.9 Å². The number of Topliss-reactive ketones (excluding diaryl/α,β-unsaturated/α-hetero) is 1. The fourth-order valence-corrected chi connectivity index (χ4v) is 1.14. The van der Waals surface area contributed by atoms with Crippen LogP contribution in [0.15, 0.2) is 17.2 Å². The standard InChI is InChI=1S/C11H10NO5/c1-6(13)7(5-12)4-8-9(14)16-11(2,3)17-10(8)15/h4H,1-3H3/q-1. The first-order valence-corrected chi connectivity index (χ1v) is 4.73. The molecule has 0 aromatic heterocycles. The molecule has 0 unspecified atom stereocenters. The van der Waals surface area contributed by atoms with E-state index in [9.17, 15) is 14.4 Å². The summed E-state index contributed by atoms with van der Waals surface area (Å²) < 4.78 is 9.60. The van der Waals surface area contributed by atoms with E-state index in [-0.39, 0.29) is 5.57 Å². The van der Waals surface area contributed by atoms with Gasteiger partial charge in [-0.15, -0.1) is 0 Å². The molecule has 1 rings (SSSR count). The van der Waals surface area contributed by atoms with Gasteiger partial charge in [-0.25, -0.2) is 9.59 Å². The molecule has 1 saturated heterocycles. The average Bonchev–Trinajstić information content (AvgIpc) is 2.14. The molecule has 6 nitrogen and oxygen atoms in total. The fraction of sp³-hybridized carbons (Fsp3) is 0.364. The first-order valence-electron chi connectivity index (χ1n) is 4.73. The van der Waals surface area contributed by atoms with Gasteiger partial charge >= 0.3 is 11.9 Å². The predicted octanol–water partition coefficient (Wildman–Crippen LogP) is 0.503. The lowest BCUT2D eigenvalue weighted by Crippen LogP contribution is -2.41. The second kappa shape index (κ2) is 4.35. The molecule has 0 amide bonds. The van der Waals surface area contributed by atoms with E-state index in [1.165, 1.54) is 13.8 Å². The lowest BCUT2D eigenvalue weighted by atomic mass is 10.1. The number of ketones is 1. The van der Waals surface area contributed by atoms with Gasteiger partial charge in [0, 0.05) is 19.4 Å². The number of esters is 2. The summed E-state index contributed by atoms with van der Waals surface area (Å²) in [7, 11) is 0. The van der Waals surface area contributed by atoms with Crippen LogP contribution >= 0.6 is 0 Å². The number of rotatable bonds is 2. The quantitative estimate of drug-likeness (QED) is 0.301. The van der Waals surface area contributed by atoms with Crippen LogP contribution in [0, 0.1) is 0 Å². The molecule has 1 heterocycles. The summed E-state index contributed by atoms with van der Waals surface area (Å²) in [6.45, 7) is 3.96. The molecule has 0 spiro atoms. The molecule has 0 aromatic carbocycles. The van der Waals surface area contributed by atoms with Gasteiger partial charge in [-0.3, -0.25) is 10.7 Å². The highest BCUT2D eigenvalue weighted by Gasteiger charge is 2.39. The molecule has 0 aliphatic carbocycles. The van der Waals surface area contributed by atoms with E-state index in [1.807, 2.05) is 0 Å². The van der Waals surface area contributed by atoms with Crippen molar-refractivity contribution in [3.05, 3.63) is 22.6 Å². The van der Waals surface area contributed by atoms with E-state index < -0.39 is 29.1 Å². The van der Waals surface area contributed by atoms with Crippen LogP contribution in [0.5, 0.6) is 0 Å². The molecule has 0 N–H and O–H groups in total. The molecule has 0 saturated carbocycles. The van der Waals surface area contributed by atoms with E-state index in [4.69, 9.17) is 14.9 Å². The van der Waals surface area contributed by atoms with Crippen molar-refractivity contribution in [2.24, 2.45) is 0 Å². The zero-order chi connectivity index (χ0) is 13.2. The third-order valence-electron chi connectivity index (χ3n) is 1.91. The Labute approximate surface area is 97.4 Å². The Morgan fingerprint density at radius 3 is 2.12 bits per heavy atom. The number of allylic oxidation sites excluding steroid dienone is 2. The molecule has 0 bridgehead atoms. The summed E-state index contributed by atoms with van der Waals surface area (Å²) in [6, 6.07) is 0. The zero-order valence-corrected chi connectivity index (χ0v) is 9.57. The first-order chi connectivity index (χ1) is 7.76. The molecule has 6 heteroatoms. The number of nitrogens with zero attached hydrogens (tertiary/aromatic N) is 1. The Morgan fingerprint density at radius 2 is 1.76 bits per heavy atom. The predicted molar refractivity (Wildman–Crippen MR) is 56.9 cm³/mol. The number of ether oxygens (including phenoxy) is 2. The second-order valence-corrected chi connectivity index (χ2v) is 3.82. The van der Waals surface area contributed by atoms with Gasteiger partial charge in [-0.05, 0) is 13.0 Å². The SMILES string of the molecule is CC(=O)C(=C=[N-])C=C1C(=O)OC(C)(C)OC1=O. The van der Waals surface area contributed by atoms with Gasteiger partial charge in [0.05, 0.1) is 0 Å². The van der Waals surface area contributed by atoms with E-state index >= 15 is 0 Å². The topological polar surface area (TPSA) is 92.0 Å². The van der Waals surface area contributed by atoms with Gasteiger partial charge in [-0.2, -0.15) is 0 Å². The van der Waals surface area contributed by atoms with Crippen molar-refractivity contribution in [1.29, 1.82) is 0 Å². The summed E-state index contributed by atoms with van der Waals surface area (Å²) in [4.78, 5) is 33.9. The van der Waals surface area contributed by atoms with Gasteiger partial charge in [0.2, 0.25) is 0 Å². The highest BCUT2D eigenvalue weighted by molar-refractivity contribution is 6.18. The van der Waals surface area contributed by atoms with Crippen LogP contribution in [-0.4, -0.2) is 29.4 Å². The third-order valence-corrected chi connectivity index (χ3v) is 1.91. The molecule has 90 valence electrons. The summed E-state index contributed by atoms with van der Waals surface area (Å²) >= 11 is 0. The minimum atomic E-state index is -1.34. The maximum atomic E-state index is 11.5. The largest absolute Gasteiger partial charge is 0.763 e. The molecular formula is C11H10NO5-. The second-order valence-electron chi connectivity index (χ2n) is 3.82. The molecule has 0 radical (unpaired) electrons. The normalized spacial score (nSPS) is 17.7. The van der Waals surface area contributed by atoms with Crippen molar-refractivity contribution in [2.45, 2.75) is 26.6 Å². The van der Waals surface area contributed by atoms with E-state index in [2.05, 4.69) is 0 Å². The van der Waals surface area contributed by atoms with E-state index in [1.54, 1.807) is 5.87 Å². The Balaban J connectivity index is 3.12. The Hall–Kier alpha value is -2.20. The lowest BCUT2D eigenvalue weighted by molar-refractivity contribution is -0.222. The molecule has 1 aliphatic rings. The van der Waals surface area contributed by atoms with Crippen LogP contribution in [-0.2, 0) is 23.9 Å². The summed E-state index contributed by atoms with van der Waals surface area (Å²) in [5.41, 5.74) is -0.773. The van der Waals surface area contributed by atoms with Gasteiger partial charge in [0.25, 0.3) is 5.79 Å². The Morgan fingerprint density at radius 1 is 1.29 bits per heavy atom. The van der Waals surface area contributed by atoms with Crippen molar-refractivity contribution < 1.29 is 23.9 Å². The smallest absolute Gasteiger partial charge is 0.348 e. The number of carbonyl (C=O) groups excluding carboxylic acids is 3. The lowest BCUT2D eigenvalue weighted by Gasteiger charge is -2.29. The fourth-order valence-electron chi connectivity index (χ4n) is 1.14. The van der Waals surface area contributed by atoms with Gasteiger partial charge in [-0.1, -0.05) is 0 Å². The number of cyclic esters (lactones) is 2. The summed E-state index contributed by atoms with van der Waals surface area (Å²) in [5.74, 6) is -2.14. The van der Waals surface area contributed by atoms with Gasteiger partial charge in [0.15, 0.2) is 5.78 Å². The Kier molecular flexibility index (Phi) is 3.29. The van der Waals surface area contributed by atoms with Crippen LogP contribution in [0.2, 0.25) is 0 Å². The number of hydrogen-bond acceptors (Lipinski definition) is 5. The van der Waals surface area contributed by atoms with Crippen LogP contribution in [0.25, 0.3) is 5.41 Å². The van der Waals surface area contributed by atoms with Crippen molar-refractivity contribution in [1.82, 2.24) is 0 Å². The first kappa shape index (κ1) is 12.9. The number of hydrogen-bond donors (Lipinski definition) is 0. The third kappa shape index (κ3) is 2.89. The van der Waals surface area contributed by atoms with E-state index in [0.29, 0.717) is 0 Å². The van der Waals surface area contributed by atoms with Crippen LogP contribution < -0.4 is 0 Å². The Bertz CT molecular complexity index is 458. The minimum Gasteiger partial charge on any atom is -0.763 e. The maximum absolute atomic E-state index is 11.5. The van der Waals surface area contributed by atoms with Gasteiger partial charge in [0.1, 0.15) is 5.57 Å².